The van der Waals surface area contributed by atoms with Gasteiger partial charge in [-0.2, -0.15) is 8.78 Å². The molecule has 8 nitrogen and oxygen atoms in total. The molecule has 0 fully saturated rings. The van der Waals surface area contributed by atoms with E-state index in [4.69, 9.17) is 4.74 Å². The monoisotopic (exact) mass is 379 g/mol. The number of para-hydroxylation sites is 1. The summed E-state index contributed by atoms with van der Waals surface area (Å²) in [5, 5.41) is 12.9. The molecule has 3 rings (SSSR count). The molecule has 27 heavy (non-hydrogen) atoms. The number of tetrazole rings is 1. The Labute approximate surface area is 150 Å². The average molecular weight is 379 g/mol. The zero-order valence-corrected chi connectivity index (χ0v) is 13.8. The summed E-state index contributed by atoms with van der Waals surface area (Å²) in [5.41, 5.74) is -0.0629. The van der Waals surface area contributed by atoms with Gasteiger partial charge in [-0.3, -0.25) is 4.79 Å². The van der Waals surface area contributed by atoms with Crippen molar-refractivity contribution >= 4 is 11.6 Å². The van der Waals surface area contributed by atoms with Gasteiger partial charge in [0.05, 0.1) is 24.0 Å². The standard InChI is InChI=1S/C16H12F3N5O3/c1-26-13-4-2-3-10(14(13)27-16(18)19)15(25)21-12-7-9(5-6-11(12)17)24-8-20-22-23-24/h2-8,16H,1H3,(H,21,25). The fourth-order valence-corrected chi connectivity index (χ4v) is 2.29. The Kier molecular flexibility index (Phi) is 5.20. The topological polar surface area (TPSA) is 91.2 Å². The highest BCUT2D eigenvalue weighted by Gasteiger charge is 2.21. The van der Waals surface area contributed by atoms with Crippen LogP contribution < -0.4 is 14.8 Å². The first kappa shape index (κ1) is 18.2. The van der Waals surface area contributed by atoms with Crippen LogP contribution in [0.1, 0.15) is 10.4 Å². The molecule has 3 aromatic rings. The summed E-state index contributed by atoms with van der Waals surface area (Å²) in [6.07, 6.45) is 1.29. The molecular weight excluding hydrogens is 367 g/mol. The summed E-state index contributed by atoms with van der Waals surface area (Å²) in [5.74, 6) is -2.12. The number of amides is 1. The lowest BCUT2D eigenvalue weighted by molar-refractivity contribution is -0.0515. The summed E-state index contributed by atoms with van der Waals surface area (Å²) >= 11 is 0. The van der Waals surface area contributed by atoms with Crippen molar-refractivity contribution in [2.75, 3.05) is 12.4 Å². The van der Waals surface area contributed by atoms with Crippen molar-refractivity contribution in [2.24, 2.45) is 0 Å². The molecule has 0 atom stereocenters. The minimum atomic E-state index is -3.17. The first-order valence-corrected chi connectivity index (χ1v) is 7.45. The molecule has 0 saturated carbocycles. The molecule has 1 heterocycles. The molecule has 0 aliphatic heterocycles. The minimum Gasteiger partial charge on any atom is -0.493 e. The normalized spacial score (nSPS) is 10.7. The Morgan fingerprint density at radius 1 is 1.26 bits per heavy atom. The van der Waals surface area contributed by atoms with Gasteiger partial charge in [0.15, 0.2) is 11.5 Å². The summed E-state index contributed by atoms with van der Waals surface area (Å²) < 4.78 is 50.1. The smallest absolute Gasteiger partial charge is 0.387 e. The van der Waals surface area contributed by atoms with E-state index in [2.05, 4.69) is 25.6 Å². The molecule has 0 aliphatic carbocycles. The number of hydrogen-bond acceptors (Lipinski definition) is 6. The minimum absolute atomic E-state index is 0.0640. The van der Waals surface area contributed by atoms with Crippen molar-refractivity contribution < 1.29 is 27.4 Å². The molecular formula is C16H12F3N5O3. The zero-order chi connectivity index (χ0) is 19.4. The van der Waals surface area contributed by atoms with E-state index in [1.54, 1.807) is 0 Å². The van der Waals surface area contributed by atoms with Gasteiger partial charge in [0, 0.05) is 0 Å². The Morgan fingerprint density at radius 2 is 2.07 bits per heavy atom. The third-order valence-electron chi connectivity index (χ3n) is 3.46. The summed E-state index contributed by atoms with van der Waals surface area (Å²) in [7, 11) is 1.24. The first-order valence-electron chi connectivity index (χ1n) is 7.45. The fraction of sp³-hybridized carbons (Fsp3) is 0.125. The van der Waals surface area contributed by atoms with Crippen LogP contribution in [0.25, 0.3) is 5.69 Å². The van der Waals surface area contributed by atoms with Gasteiger partial charge in [-0.25, -0.2) is 9.07 Å². The van der Waals surface area contributed by atoms with Crippen LogP contribution in [0, 0.1) is 5.82 Å². The SMILES string of the molecule is COc1cccc(C(=O)Nc2cc(-n3cnnn3)ccc2F)c1OC(F)F. The predicted octanol–water partition coefficient (Wildman–Crippen LogP) is 2.66. The number of ether oxygens (including phenoxy) is 2. The highest BCUT2D eigenvalue weighted by molar-refractivity contribution is 6.06. The Hall–Kier alpha value is -3.63. The number of nitrogens with one attached hydrogen (secondary N) is 1. The van der Waals surface area contributed by atoms with E-state index in [-0.39, 0.29) is 17.0 Å². The van der Waals surface area contributed by atoms with E-state index in [9.17, 15) is 18.0 Å². The van der Waals surface area contributed by atoms with E-state index in [1.165, 1.54) is 48.5 Å². The van der Waals surface area contributed by atoms with Crippen LogP contribution in [0.3, 0.4) is 0 Å². The summed E-state index contributed by atoms with van der Waals surface area (Å²) in [4.78, 5) is 12.5. The number of carbonyl (C=O) groups is 1. The van der Waals surface area contributed by atoms with Crippen molar-refractivity contribution in [1.29, 1.82) is 0 Å². The maximum Gasteiger partial charge on any atom is 0.387 e. The van der Waals surface area contributed by atoms with Gasteiger partial charge in [-0.05, 0) is 40.8 Å². The van der Waals surface area contributed by atoms with E-state index in [0.717, 1.165) is 6.07 Å². The van der Waals surface area contributed by atoms with Gasteiger partial charge >= 0.3 is 6.61 Å². The van der Waals surface area contributed by atoms with Crippen LogP contribution in [-0.4, -0.2) is 39.8 Å². The molecule has 0 aliphatic rings. The van der Waals surface area contributed by atoms with Crippen LogP contribution in [0.15, 0.2) is 42.7 Å². The molecule has 0 unspecified atom stereocenters. The predicted molar refractivity (Wildman–Crippen MR) is 86.7 cm³/mol. The van der Waals surface area contributed by atoms with Gasteiger partial charge in [0.25, 0.3) is 5.91 Å². The number of halogens is 3. The Morgan fingerprint density at radius 3 is 2.74 bits per heavy atom. The molecule has 0 radical (unpaired) electrons. The van der Waals surface area contributed by atoms with Crippen LogP contribution in [0.5, 0.6) is 11.5 Å². The van der Waals surface area contributed by atoms with Gasteiger partial charge in [0.2, 0.25) is 0 Å². The lowest BCUT2D eigenvalue weighted by atomic mass is 10.1. The molecule has 11 heteroatoms. The number of benzene rings is 2. The summed E-state index contributed by atoms with van der Waals surface area (Å²) in [6.45, 7) is -3.17. The van der Waals surface area contributed by atoms with Crippen molar-refractivity contribution in [2.45, 2.75) is 6.61 Å². The number of methoxy groups -OCH3 is 1. The van der Waals surface area contributed by atoms with Crippen LogP contribution in [0.4, 0.5) is 18.9 Å². The van der Waals surface area contributed by atoms with Gasteiger partial charge in [-0.1, -0.05) is 6.07 Å². The molecule has 1 amide bonds. The second-order valence-electron chi connectivity index (χ2n) is 5.09. The Bertz CT molecular complexity index is 950. The number of alkyl halides is 2. The first-order chi connectivity index (χ1) is 13.0. The third kappa shape index (κ3) is 3.97. The van der Waals surface area contributed by atoms with E-state index >= 15 is 0 Å². The number of hydrogen-bond donors (Lipinski definition) is 1. The second-order valence-corrected chi connectivity index (χ2v) is 5.09. The average Bonchev–Trinajstić information content (AvgIpc) is 3.18. The van der Waals surface area contributed by atoms with Crippen LogP contribution >= 0.6 is 0 Å². The molecule has 2 aromatic carbocycles. The van der Waals surface area contributed by atoms with Gasteiger partial charge < -0.3 is 14.8 Å². The molecule has 1 aromatic heterocycles. The lowest BCUT2D eigenvalue weighted by Gasteiger charge is -2.14. The molecule has 140 valence electrons. The number of anilines is 1. The number of nitrogens with zero attached hydrogens (tertiary/aromatic N) is 4. The fourth-order valence-electron chi connectivity index (χ4n) is 2.29. The van der Waals surface area contributed by atoms with Crippen molar-refractivity contribution in [1.82, 2.24) is 20.2 Å². The molecule has 1 N–H and O–H groups in total. The summed E-state index contributed by atoms with van der Waals surface area (Å²) in [6, 6.07) is 7.82. The lowest BCUT2D eigenvalue weighted by Crippen LogP contribution is -2.16. The van der Waals surface area contributed by atoms with Crippen molar-refractivity contribution in [3.8, 4) is 17.2 Å². The zero-order valence-electron chi connectivity index (χ0n) is 13.8. The molecule has 0 bridgehead atoms. The molecule has 0 spiro atoms. The largest absolute Gasteiger partial charge is 0.493 e. The number of rotatable bonds is 6. The highest BCUT2D eigenvalue weighted by Crippen LogP contribution is 2.33. The van der Waals surface area contributed by atoms with Crippen molar-refractivity contribution in [3.63, 3.8) is 0 Å². The van der Waals surface area contributed by atoms with Crippen LogP contribution in [0.2, 0.25) is 0 Å². The van der Waals surface area contributed by atoms with Crippen molar-refractivity contribution in [3.05, 3.63) is 54.1 Å². The number of aromatic nitrogens is 4. The third-order valence-corrected chi connectivity index (χ3v) is 3.46. The van der Waals surface area contributed by atoms with E-state index in [1.807, 2.05) is 0 Å². The van der Waals surface area contributed by atoms with Gasteiger partial charge in [-0.15, -0.1) is 5.10 Å². The highest BCUT2D eigenvalue weighted by atomic mass is 19.3. The van der Waals surface area contributed by atoms with E-state index in [0.29, 0.717) is 5.69 Å². The van der Waals surface area contributed by atoms with E-state index < -0.39 is 24.1 Å². The van der Waals surface area contributed by atoms with Crippen LogP contribution in [-0.2, 0) is 0 Å². The number of carbonyl (C=O) groups excluding carboxylic acids is 1. The maximum absolute atomic E-state index is 14.1. The maximum atomic E-state index is 14.1. The molecule has 0 saturated heterocycles. The van der Waals surface area contributed by atoms with Gasteiger partial charge in [0.1, 0.15) is 12.1 Å². The second kappa shape index (κ2) is 7.72. The Balaban J connectivity index is 1.93. The quantitative estimate of drug-likeness (QED) is 0.708.